The fourth-order valence-electron chi connectivity index (χ4n) is 1.64. The SMILES string of the molecule is COCCNCCNS(=O)(=O)c1ccc(OC)c([N+](=O)[O-])c1.Cl. The van der Waals surface area contributed by atoms with Crippen molar-refractivity contribution in [3.05, 3.63) is 28.3 Å². The first-order chi connectivity index (χ1) is 10.4. The Bertz CT molecular complexity index is 611. The molecule has 2 N–H and O–H groups in total. The third-order valence-electron chi connectivity index (χ3n) is 2.73. The molecule has 1 aromatic rings. The van der Waals surface area contributed by atoms with E-state index < -0.39 is 20.6 Å². The molecule has 0 bridgehead atoms. The smallest absolute Gasteiger partial charge is 0.312 e. The van der Waals surface area contributed by atoms with Crippen molar-refractivity contribution in [2.45, 2.75) is 4.90 Å². The lowest BCUT2D eigenvalue weighted by Gasteiger charge is -2.09. The van der Waals surface area contributed by atoms with Gasteiger partial charge in [-0.05, 0) is 12.1 Å². The molecule has 9 nitrogen and oxygen atoms in total. The lowest BCUT2D eigenvalue weighted by atomic mass is 10.3. The summed E-state index contributed by atoms with van der Waals surface area (Å²) >= 11 is 0. The van der Waals surface area contributed by atoms with Crippen molar-refractivity contribution in [1.82, 2.24) is 10.0 Å². The predicted molar refractivity (Wildman–Crippen MR) is 86.8 cm³/mol. The Morgan fingerprint density at radius 3 is 2.48 bits per heavy atom. The van der Waals surface area contributed by atoms with Gasteiger partial charge in [0, 0.05) is 32.8 Å². The standard InChI is InChI=1S/C12H19N3O6S.ClH/c1-20-8-7-13-5-6-14-22(18,19)10-3-4-12(21-2)11(9-10)15(16)17;/h3-4,9,13-14H,5-8H2,1-2H3;1H. The molecule has 0 saturated heterocycles. The minimum atomic E-state index is -3.82. The Morgan fingerprint density at radius 2 is 1.91 bits per heavy atom. The second kappa shape index (κ2) is 10.3. The van der Waals surface area contributed by atoms with Crippen molar-refractivity contribution in [3.63, 3.8) is 0 Å². The average Bonchev–Trinajstić information content (AvgIpc) is 2.49. The number of ether oxygens (including phenoxy) is 2. The van der Waals surface area contributed by atoms with Crippen molar-refractivity contribution in [1.29, 1.82) is 0 Å². The van der Waals surface area contributed by atoms with Crippen LogP contribution in [-0.2, 0) is 14.8 Å². The first-order valence-corrected chi connectivity index (χ1v) is 7.92. The van der Waals surface area contributed by atoms with Crippen LogP contribution in [0.4, 0.5) is 5.69 Å². The van der Waals surface area contributed by atoms with E-state index in [9.17, 15) is 18.5 Å². The van der Waals surface area contributed by atoms with Gasteiger partial charge < -0.3 is 14.8 Å². The number of nitro groups is 1. The number of benzene rings is 1. The van der Waals surface area contributed by atoms with E-state index in [1.165, 1.54) is 19.2 Å². The first kappa shape index (κ1) is 21.5. The lowest BCUT2D eigenvalue weighted by Crippen LogP contribution is -2.33. The highest BCUT2D eigenvalue weighted by Gasteiger charge is 2.21. The van der Waals surface area contributed by atoms with Crippen LogP contribution in [0.2, 0.25) is 0 Å². The van der Waals surface area contributed by atoms with E-state index in [0.29, 0.717) is 19.7 Å². The highest BCUT2D eigenvalue weighted by molar-refractivity contribution is 7.89. The van der Waals surface area contributed by atoms with Gasteiger partial charge in [-0.25, -0.2) is 13.1 Å². The second-order valence-electron chi connectivity index (χ2n) is 4.23. The maximum Gasteiger partial charge on any atom is 0.312 e. The Kier molecular flexibility index (Phi) is 9.68. The molecule has 0 fully saturated rings. The number of nitrogens with one attached hydrogen (secondary N) is 2. The molecule has 23 heavy (non-hydrogen) atoms. The zero-order valence-corrected chi connectivity index (χ0v) is 14.4. The van der Waals surface area contributed by atoms with Gasteiger partial charge in [-0.1, -0.05) is 0 Å². The Morgan fingerprint density at radius 1 is 1.22 bits per heavy atom. The maximum atomic E-state index is 12.1. The zero-order chi connectivity index (χ0) is 16.6. The topological polar surface area (TPSA) is 120 Å². The molecule has 0 saturated carbocycles. The van der Waals surface area contributed by atoms with E-state index >= 15 is 0 Å². The number of nitrogens with zero attached hydrogens (tertiary/aromatic N) is 1. The van der Waals surface area contributed by atoms with E-state index in [4.69, 9.17) is 9.47 Å². The summed E-state index contributed by atoms with van der Waals surface area (Å²) in [6.07, 6.45) is 0. The number of halogens is 1. The van der Waals surface area contributed by atoms with Crippen molar-refractivity contribution >= 4 is 28.1 Å². The molecule has 0 heterocycles. The van der Waals surface area contributed by atoms with Gasteiger partial charge in [0.2, 0.25) is 10.0 Å². The quantitative estimate of drug-likeness (QED) is 0.351. The second-order valence-corrected chi connectivity index (χ2v) is 6.00. The van der Waals surface area contributed by atoms with Crippen LogP contribution in [0, 0.1) is 10.1 Å². The van der Waals surface area contributed by atoms with E-state index in [1.54, 1.807) is 7.11 Å². The third-order valence-corrected chi connectivity index (χ3v) is 4.19. The number of sulfonamides is 1. The fraction of sp³-hybridized carbons (Fsp3) is 0.500. The van der Waals surface area contributed by atoms with Gasteiger partial charge in [0.1, 0.15) is 0 Å². The first-order valence-electron chi connectivity index (χ1n) is 6.44. The minimum absolute atomic E-state index is 0. The maximum absolute atomic E-state index is 12.1. The number of rotatable bonds is 10. The third kappa shape index (κ3) is 6.67. The van der Waals surface area contributed by atoms with E-state index in [-0.39, 0.29) is 29.6 Å². The van der Waals surface area contributed by atoms with Gasteiger partial charge in [-0.2, -0.15) is 0 Å². The summed E-state index contributed by atoms with van der Waals surface area (Å²) in [6.45, 7) is 1.70. The average molecular weight is 370 g/mol. The molecule has 0 radical (unpaired) electrons. The summed E-state index contributed by atoms with van der Waals surface area (Å²) in [5.74, 6) is 0.00480. The van der Waals surface area contributed by atoms with Crippen LogP contribution in [0.1, 0.15) is 0 Å². The molecular weight excluding hydrogens is 350 g/mol. The molecule has 0 aliphatic heterocycles. The summed E-state index contributed by atoms with van der Waals surface area (Å²) in [5, 5.41) is 13.9. The van der Waals surface area contributed by atoms with Crippen LogP contribution in [0.3, 0.4) is 0 Å². The van der Waals surface area contributed by atoms with Gasteiger partial charge in [0.05, 0.1) is 23.5 Å². The van der Waals surface area contributed by atoms with Crippen molar-refractivity contribution in [2.75, 3.05) is 40.5 Å². The van der Waals surface area contributed by atoms with Gasteiger partial charge in [0.25, 0.3) is 0 Å². The largest absolute Gasteiger partial charge is 0.490 e. The molecule has 0 aromatic heterocycles. The Hall–Kier alpha value is -1.46. The molecular formula is C12H20ClN3O6S. The van der Waals surface area contributed by atoms with Crippen LogP contribution in [0.15, 0.2) is 23.1 Å². The Labute approximate surface area is 141 Å². The number of nitro benzene ring substituents is 1. The summed E-state index contributed by atoms with van der Waals surface area (Å²) in [7, 11) is -0.967. The van der Waals surface area contributed by atoms with E-state index in [1.807, 2.05) is 0 Å². The lowest BCUT2D eigenvalue weighted by molar-refractivity contribution is -0.386. The normalized spacial score (nSPS) is 10.9. The van der Waals surface area contributed by atoms with Crippen LogP contribution in [0.5, 0.6) is 5.75 Å². The van der Waals surface area contributed by atoms with E-state index in [0.717, 1.165) is 6.07 Å². The summed E-state index contributed by atoms with van der Waals surface area (Å²) in [4.78, 5) is 10.0. The van der Waals surface area contributed by atoms with Gasteiger partial charge in [-0.15, -0.1) is 12.4 Å². The molecule has 132 valence electrons. The fourth-order valence-corrected chi connectivity index (χ4v) is 2.69. The summed E-state index contributed by atoms with van der Waals surface area (Å²) < 4.78 is 36.2. The van der Waals surface area contributed by atoms with Crippen LogP contribution >= 0.6 is 12.4 Å². The number of hydrogen-bond donors (Lipinski definition) is 2. The molecule has 1 aromatic carbocycles. The summed E-state index contributed by atoms with van der Waals surface area (Å²) in [6, 6.07) is 3.48. The minimum Gasteiger partial charge on any atom is -0.490 e. The Balaban J connectivity index is 0.00000484. The van der Waals surface area contributed by atoms with Gasteiger partial charge in [0.15, 0.2) is 5.75 Å². The number of methoxy groups -OCH3 is 2. The zero-order valence-electron chi connectivity index (χ0n) is 12.8. The highest BCUT2D eigenvalue weighted by Crippen LogP contribution is 2.29. The molecule has 0 aliphatic carbocycles. The monoisotopic (exact) mass is 369 g/mol. The van der Waals surface area contributed by atoms with Gasteiger partial charge in [-0.3, -0.25) is 10.1 Å². The molecule has 0 atom stereocenters. The predicted octanol–water partition coefficient (Wildman–Crippen LogP) is 0.539. The van der Waals surface area contributed by atoms with Crippen molar-refractivity contribution in [3.8, 4) is 5.75 Å². The molecule has 0 spiro atoms. The molecule has 11 heteroatoms. The highest BCUT2D eigenvalue weighted by atomic mass is 35.5. The van der Waals surface area contributed by atoms with Crippen molar-refractivity contribution < 1.29 is 22.8 Å². The van der Waals surface area contributed by atoms with Gasteiger partial charge >= 0.3 is 5.69 Å². The van der Waals surface area contributed by atoms with E-state index in [2.05, 4.69) is 10.0 Å². The molecule has 0 amide bonds. The molecule has 1 rings (SSSR count). The van der Waals surface area contributed by atoms with Crippen LogP contribution < -0.4 is 14.8 Å². The van der Waals surface area contributed by atoms with Crippen molar-refractivity contribution in [2.24, 2.45) is 0 Å². The number of hydrogen-bond acceptors (Lipinski definition) is 7. The molecule has 0 aliphatic rings. The summed E-state index contributed by atoms with van der Waals surface area (Å²) in [5.41, 5.74) is -0.399. The van der Waals surface area contributed by atoms with Crippen LogP contribution in [-0.4, -0.2) is 53.8 Å². The van der Waals surface area contributed by atoms with Crippen LogP contribution in [0.25, 0.3) is 0 Å². The molecule has 0 unspecified atom stereocenters.